The van der Waals surface area contributed by atoms with Gasteiger partial charge in [0.2, 0.25) is 0 Å². The molecule has 0 aromatic rings. The molecule has 13 heavy (non-hydrogen) atoms. The van der Waals surface area contributed by atoms with Crippen LogP contribution in [0.4, 0.5) is 0 Å². The Hall–Kier alpha value is -0.0900. The number of hydrogen-bond acceptors (Lipinski definition) is 2. The number of carbonyl (C=O) groups is 1. The van der Waals surface area contributed by atoms with E-state index in [0.717, 1.165) is 26.1 Å². The van der Waals surface area contributed by atoms with E-state index in [1.54, 1.807) is 0 Å². The van der Waals surface area contributed by atoms with E-state index in [9.17, 15) is 4.79 Å². The fraction of sp³-hybridized carbons (Fsp3) is 0.889. The van der Waals surface area contributed by atoms with Gasteiger partial charge in [0, 0.05) is 11.2 Å². The van der Waals surface area contributed by atoms with E-state index < -0.39 is 5.97 Å². The average molecular weight is 250 g/mol. The molecule has 0 saturated carbocycles. The third-order valence-corrected chi connectivity index (χ3v) is 3.30. The lowest BCUT2D eigenvalue weighted by Gasteiger charge is -2.29. The van der Waals surface area contributed by atoms with Crippen LogP contribution in [0.5, 0.6) is 0 Å². The summed E-state index contributed by atoms with van der Waals surface area (Å²) in [6.45, 7) is 3.15. The molecule has 1 aliphatic rings. The van der Waals surface area contributed by atoms with Gasteiger partial charge < -0.3 is 10.0 Å². The van der Waals surface area contributed by atoms with Gasteiger partial charge in [0.15, 0.2) is 0 Å². The molecule has 0 aliphatic carbocycles. The van der Waals surface area contributed by atoms with Crippen LogP contribution in [0.25, 0.3) is 0 Å². The van der Waals surface area contributed by atoms with Crippen LogP contribution >= 0.6 is 15.9 Å². The highest BCUT2D eigenvalue weighted by molar-refractivity contribution is 9.09. The molecule has 1 saturated heterocycles. The molecule has 0 amide bonds. The van der Waals surface area contributed by atoms with Gasteiger partial charge in [0.25, 0.3) is 0 Å². The second-order valence-corrected chi connectivity index (χ2v) is 4.81. The summed E-state index contributed by atoms with van der Waals surface area (Å²) in [5.41, 5.74) is 0. The van der Waals surface area contributed by atoms with Gasteiger partial charge in [-0.25, -0.2) is 0 Å². The topological polar surface area (TPSA) is 40.5 Å². The van der Waals surface area contributed by atoms with Gasteiger partial charge in [0.05, 0.1) is 0 Å². The maximum absolute atomic E-state index is 10.3. The summed E-state index contributed by atoms with van der Waals surface area (Å²) in [5, 5.41) is 8.46. The Balaban J connectivity index is 2.05. The fourth-order valence-electron chi connectivity index (χ4n) is 1.58. The first-order chi connectivity index (χ1) is 6.18. The molecule has 0 aromatic carbocycles. The molecule has 0 unspecified atom stereocenters. The monoisotopic (exact) mass is 249 g/mol. The first kappa shape index (κ1) is 11.0. The second-order valence-electron chi connectivity index (χ2n) is 3.51. The molecule has 4 heteroatoms. The third kappa shape index (κ3) is 4.62. The molecule has 0 atom stereocenters. The van der Waals surface area contributed by atoms with E-state index in [1.165, 1.54) is 12.8 Å². The molecule has 1 heterocycles. The first-order valence-corrected chi connectivity index (χ1v) is 5.68. The lowest BCUT2D eigenvalue weighted by molar-refractivity contribution is -0.137. The summed E-state index contributed by atoms with van der Waals surface area (Å²) in [4.78, 5) is 13.3. The number of piperidine rings is 1. The fourth-order valence-corrected chi connectivity index (χ4v) is 1.99. The number of carboxylic acids is 1. The zero-order valence-corrected chi connectivity index (χ0v) is 9.29. The van der Waals surface area contributed by atoms with E-state index in [2.05, 4.69) is 20.8 Å². The third-order valence-electron chi connectivity index (χ3n) is 2.38. The van der Waals surface area contributed by atoms with Crippen LogP contribution in [-0.4, -0.2) is 40.4 Å². The van der Waals surface area contributed by atoms with Crippen LogP contribution in [0.3, 0.4) is 0 Å². The van der Waals surface area contributed by atoms with Gasteiger partial charge in [-0.15, -0.1) is 0 Å². The van der Waals surface area contributed by atoms with Crippen LogP contribution in [0.15, 0.2) is 0 Å². The first-order valence-electron chi connectivity index (χ1n) is 4.76. The van der Waals surface area contributed by atoms with Crippen molar-refractivity contribution in [2.45, 2.75) is 30.5 Å². The van der Waals surface area contributed by atoms with E-state index in [-0.39, 0.29) is 0 Å². The molecule has 3 nitrogen and oxygen atoms in total. The van der Waals surface area contributed by atoms with Crippen molar-refractivity contribution in [3.05, 3.63) is 0 Å². The maximum Gasteiger partial charge on any atom is 0.303 e. The average Bonchev–Trinajstić information content (AvgIpc) is 2.08. The van der Waals surface area contributed by atoms with Crippen molar-refractivity contribution < 1.29 is 9.90 Å². The highest BCUT2D eigenvalue weighted by atomic mass is 79.9. The number of nitrogens with zero attached hydrogens (tertiary/aromatic N) is 1. The molecule has 1 fully saturated rings. The molecular weight excluding hydrogens is 234 g/mol. The lowest BCUT2D eigenvalue weighted by atomic mass is 10.1. The van der Waals surface area contributed by atoms with Crippen molar-refractivity contribution in [1.82, 2.24) is 4.90 Å². The molecule has 0 radical (unpaired) electrons. The summed E-state index contributed by atoms with van der Waals surface area (Å²) in [6.07, 6.45) is 3.46. The lowest BCUT2D eigenvalue weighted by Crippen LogP contribution is -2.34. The molecule has 1 rings (SSSR count). The van der Waals surface area contributed by atoms with E-state index >= 15 is 0 Å². The molecule has 76 valence electrons. The molecular formula is C9H16BrNO2. The van der Waals surface area contributed by atoms with Gasteiger partial charge in [-0.1, -0.05) is 15.9 Å². The van der Waals surface area contributed by atoms with Gasteiger partial charge in [-0.2, -0.15) is 0 Å². The quantitative estimate of drug-likeness (QED) is 0.772. The minimum atomic E-state index is -0.685. The van der Waals surface area contributed by atoms with Crippen molar-refractivity contribution in [2.75, 3.05) is 19.6 Å². The standard InChI is InChI=1S/C9H16BrNO2/c10-8-3-6-11(7-4-8)5-1-2-9(12)13/h8H,1-7H2,(H,12,13). The Labute approximate surface area is 87.2 Å². The number of likely N-dealkylation sites (tertiary alicyclic amines) is 1. The van der Waals surface area contributed by atoms with Crippen LogP contribution in [-0.2, 0) is 4.79 Å². The maximum atomic E-state index is 10.3. The number of aliphatic carboxylic acids is 1. The van der Waals surface area contributed by atoms with Crippen LogP contribution < -0.4 is 0 Å². The SMILES string of the molecule is O=C(O)CCCN1CCC(Br)CC1. The van der Waals surface area contributed by atoms with Crippen LogP contribution in [0.2, 0.25) is 0 Å². The van der Waals surface area contributed by atoms with Crippen LogP contribution in [0, 0.1) is 0 Å². The highest BCUT2D eigenvalue weighted by Crippen LogP contribution is 2.17. The summed E-state index contributed by atoms with van der Waals surface area (Å²) in [7, 11) is 0. The zero-order valence-electron chi connectivity index (χ0n) is 7.71. The Morgan fingerprint density at radius 2 is 2.08 bits per heavy atom. The second kappa shape index (κ2) is 5.60. The largest absolute Gasteiger partial charge is 0.481 e. The molecule has 0 spiro atoms. The number of alkyl halides is 1. The van der Waals surface area contributed by atoms with E-state index in [0.29, 0.717) is 11.2 Å². The van der Waals surface area contributed by atoms with Gasteiger partial charge >= 0.3 is 5.97 Å². The normalized spacial score (nSPS) is 20.4. The Morgan fingerprint density at radius 1 is 1.46 bits per heavy atom. The summed E-state index contributed by atoms with van der Waals surface area (Å²) in [6, 6.07) is 0. The smallest absolute Gasteiger partial charge is 0.303 e. The van der Waals surface area contributed by atoms with Crippen molar-refractivity contribution in [3.63, 3.8) is 0 Å². The minimum absolute atomic E-state index is 0.300. The number of halogens is 1. The molecule has 0 aromatic heterocycles. The predicted octanol–water partition coefficient (Wildman–Crippen LogP) is 1.71. The Bertz CT molecular complexity index is 167. The van der Waals surface area contributed by atoms with Gasteiger partial charge in [0.1, 0.15) is 0 Å². The summed E-state index contributed by atoms with van der Waals surface area (Å²) >= 11 is 3.59. The number of carboxylic acid groups (broad SMARTS) is 1. The van der Waals surface area contributed by atoms with Crippen LogP contribution in [0.1, 0.15) is 25.7 Å². The predicted molar refractivity (Wildman–Crippen MR) is 55.3 cm³/mol. The minimum Gasteiger partial charge on any atom is -0.481 e. The Kier molecular flexibility index (Phi) is 4.73. The van der Waals surface area contributed by atoms with Crippen molar-refractivity contribution in [3.8, 4) is 0 Å². The number of hydrogen-bond donors (Lipinski definition) is 1. The Morgan fingerprint density at radius 3 is 2.62 bits per heavy atom. The van der Waals surface area contributed by atoms with Gasteiger partial charge in [-0.3, -0.25) is 4.79 Å². The van der Waals surface area contributed by atoms with Gasteiger partial charge in [-0.05, 0) is 38.9 Å². The van der Waals surface area contributed by atoms with Crippen molar-refractivity contribution >= 4 is 21.9 Å². The molecule has 1 aliphatic heterocycles. The number of rotatable bonds is 4. The van der Waals surface area contributed by atoms with E-state index in [1.807, 2.05) is 0 Å². The van der Waals surface area contributed by atoms with Crippen molar-refractivity contribution in [2.24, 2.45) is 0 Å². The zero-order chi connectivity index (χ0) is 9.68. The molecule has 0 bridgehead atoms. The van der Waals surface area contributed by atoms with Crippen molar-refractivity contribution in [1.29, 1.82) is 0 Å². The highest BCUT2D eigenvalue weighted by Gasteiger charge is 2.16. The summed E-state index contributed by atoms with van der Waals surface area (Å²) < 4.78 is 0. The summed E-state index contributed by atoms with van der Waals surface area (Å²) in [5.74, 6) is -0.685. The van der Waals surface area contributed by atoms with E-state index in [4.69, 9.17) is 5.11 Å². The molecule has 1 N–H and O–H groups in total.